The summed E-state index contributed by atoms with van der Waals surface area (Å²) in [5, 5.41) is 32.5. The molecule has 35 heavy (non-hydrogen) atoms. The Bertz CT molecular complexity index is 1080. The maximum absolute atomic E-state index is 11.4. The lowest BCUT2D eigenvalue weighted by Gasteiger charge is -2.30. The third-order valence-corrected chi connectivity index (χ3v) is 6.83. The standard InChI is InChI=1S/C25H34N2O7S/c1-35(32,33)27-23-14-22(12-13-24(23)29)34-16-21(28)15-26-20-10-6-18(7-11-20)3-2-17-4-8-19(9-5-17)25(30)31/h4-5,8-9,12-14,18,20-21,26-29H,2-3,6-7,10-11,15-16H2,1H3,(H,30,31). The van der Waals surface area contributed by atoms with Crippen LogP contribution in [-0.4, -0.2) is 61.3 Å². The number of ether oxygens (including phenoxy) is 1. The number of carboxylic acid groups (broad SMARTS) is 1. The molecule has 9 nitrogen and oxygen atoms in total. The number of benzene rings is 2. The monoisotopic (exact) mass is 506 g/mol. The van der Waals surface area contributed by atoms with Crippen molar-refractivity contribution in [2.45, 2.75) is 50.7 Å². The third kappa shape index (κ3) is 9.04. The van der Waals surface area contributed by atoms with Crippen molar-refractivity contribution in [3.8, 4) is 11.5 Å². The number of rotatable bonds is 12. The maximum Gasteiger partial charge on any atom is 0.335 e. The van der Waals surface area contributed by atoms with Crippen molar-refractivity contribution >= 4 is 21.7 Å². The highest BCUT2D eigenvalue weighted by Crippen LogP contribution is 2.29. The summed E-state index contributed by atoms with van der Waals surface area (Å²) in [7, 11) is -3.54. The van der Waals surface area contributed by atoms with Gasteiger partial charge in [-0.3, -0.25) is 4.72 Å². The molecule has 0 heterocycles. The smallest absolute Gasteiger partial charge is 0.335 e. The van der Waals surface area contributed by atoms with Crippen molar-refractivity contribution in [2.24, 2.45) is 5.92 Å². The van der Waals surface area contributed by atoms with Gasteiger partial charge in [-0.15, -0.1) is 0 Å². The number of aliphatic hydroxyl groups is 1. The van der Waals surface area contributed by atoms with Gasteiger partial charge >= 0.3 is 5.97 Å². The number of aryl methyl sites for hydroxylation is 1. The molecule has 0 saturated heterocycles. The van der Waals surface area contributed by atoms with Gasteiger partial charge in [0.05, 0.1) is 17.5 Å². The Kier molecular flexibility index (Phi) is 9.36. The molecule has 3 rings (SSSR count). The number of hydrogen-bond acceptors (Lipinski definition) is 7. The Morgan fingerprint density at radius 1 is 1.11 bits per heavy atom. The van der Waals surface area contributed by atoms with E-state index in [2.05, 4.69) is 10.0 Å². The first kappa shape index (κ1) is 26.8. The summed E-state index contributed by atoms with van der Waals surface area (Å²) in [6.07, 6.45) is 6.58. The summed E-state index contributed by atoms with van der Waals surface area (Å²) in [6.45, 7) is 0.421. The van der Waals surface area contributed by atoms with Crippen LogP contribution in [0.3, 0.4) is 0 Å². The second-order valence-corrected chi connectivity index (χ2v) is 10.9. The Hall–Kier alpha value is -2.82. The van der Waals surface area contributed by atoms with E-state index < -0.39 is 22.1 Å². The number of aromatic hydroxyl groups is 1. The molecule has 1 fully saturated rings. The van der Waals surface area contributed by atoms with Crippen LogP contribution in [-0.2, 0) is 16.4 Å². The highest BCUT2D eigenvalue weighted by Gasteiger charge is 2.21. The Morgan fingerprint density at radius 2 is 1.80 bits per heavy atom. The molecule has 1 atom stereocenters. The lowest BCUT2D eigenvalue weighted by atomic mass is 9.82. The van der Waals surface area contributed by atoms with Gasteiger partial charge in [0.25, 0.3) is 0 Å². The normalized spacial score (nSPS) is 19.1. The van der Waals surface area contributed by atoms with E-state index in [0.29, 0.717) is 29.8 Å². The van der Waals surface area contributed by atoms with Gasteiger partial charge in [0.2, 0.25) is 10.0 Å². The Balaban J connectivity index is 1.34. The molecule has 10 heteroatoms. The average molecular weight is 507 g/mol. The highest BCUT2D eigenvalue weighted by atomic mass is 32.2. The summed E-state index contributed by atoms with van der Waals surface area (Å²) in [5.41, 5.74) is 1.49. The minimum Gasteiger partial charge on any atom is -0.506 e. The molecular formula is C25H34N2O7S. The van der Waals surface area contributed by atoms with Gasteiger partial charge in [-0.2, -0.15) is 0 Å². The number of anilines is 1. The molecule has 1 aliphatic carbocycles. The molecule has 1 unspecified atom stereocenters. The molecule has 0 amide bonds. The second-order valence-electron chi connectivity index (χ2n) is 9.18. The van der Waals surface area contributed by atoms with Crippen molar-refractivity contribution in [2.75, 3.05) is 24.1 Å². The zero-order valence-electron chi connectivity index (χ0n) is 19.8. The number of hydrogen-bond donors (Lipinski definition) is 5. The van der Waals surface area contributed by atoms with E-state index in [1.807, 2.05) is 12.1 Å². The van der Waals surface area contributed by atoms with Crippen molar-refractivity contribution in [3.63, 3.8) is 0 Å². The molecular weight excluding hydrogens is 472 g/mol. The minimum atomic E-state index is -3.54. The van der Waals surface area contributed by atoms with E-state index in [-0.39, 0.29) is 18.0 Å². The Labute approximate surface area is 206 Å². The van der Waals surface area contributed by atoms with Crippen molar-refractivity contribution in [3.05, 3.63) is 53.6 Å². The van der Waals surface area contributed by atoms with Gasteiger partial charge in [-0.05, 0) is 74.3 Å². The lowest BCUT2D eigenvalue weighted by Crippen LogP contribution is -2.40. The molecule has 1 aliphatic rings. The van der Waals surface area contributed by atoms with Crippen molar-refractivity contribution in [1.82, 2.24) is 5.32 Å². The predicted molar refractivity (Wildman–Crippen MR) is 134 cm³/mol. The van der Waals surface area contributed by atoms with Crippen LogP contribution in [0.1, 0.15) is 48.0 Å². The van der Waals surface area contributed by atoms with Crippen LogP contribution in [0, 0.1) is 5.92 Å². The molecule has 2 aromatic carbocycles. The number of aliphatic hydroxyl groups excluding tert-OH is 1. The van der Waals surface area contributed by atoms with Crippen LogP contribution in [0.25, 0.3) is 0 Å². The first-order valence-electron chi connectivity index (χ1n) is 11.8. The molecule has 2 aromatic rings. The summed E-state index contributed by atoms with van der Waals surface area (Å²) in [6, 6.07) is 11.6. The molecule has 0 aromatic heterocycles. The number of carboxylic acids is 1. The number of phenols is 1. The number of carbonyl (C=O) groups is 1. The van der Waals surface area contributed by atoms with E-state index >= 15 is 0 Å². The third-order valence-electron chi connectivity index (χ3n) is 6.24. The molecule has 5 N–H and O–H groups in total. The number of nitrogens with one attached hydrogen (secondary N) is 2. The molecule has 1 saturated carbocycles. The van der Waals surface area contributed by atoms with E-state index in [4.69, 9.17) is 9.84 Å². The van der Waals surface area contributed by atoms with Gasteiger partial charge in [-0.25, -0.2) is 13.2 Å². The Morgan fingerprint density at radius 3 is 2.43 bits per heavy atom. The first-order valence-corrected chi connectivity index (χ1v) is 13.7. The van der Waals surface area contributed by atoms with Crippen molar-refractivity contribution in [1.29, 1.82) is 0 Å². The van der Waals surface area contributed by atoms with E-state index in [1.54, 1.807) is 12.1 Å². The number of phenolic OH excluding ortho intramolecular Hbond substituents is 1. The van der Waals surface area contributed by atoms with Gasteiger partial charge in [0, 0.05) is 18.7 Å². The zero-order chi connectivity index (χ0) is 25.4. The summed E-state index contributed by atoms with van der Waals surface area (Å²) >= 11 is 0. The first-order chi connectivity index (χ1) is 16.6. The molecule has 0 spiro atoms. The fraction of sp³-hybridized carbons (Fsp3) is 0.480. The van der Waals surface area contributed by atoms with E-state index in [0.717, 1.165) is 50.3 Å². The summed E-state index contributed by atoms with van der Waals surface area (Å²) in [5.74, 6) is -0.136. The minimum absolute atomic E-state index is 0.0200. The van der Waals surface area contributed by atoms with Crippen LogP contribution >= 0.6 is 0 Å². The molecule has 0 bridgehead atoms. The van der Waals surface area contributed by atoms with Crippen LogP contribution in [0.4, 0.5) is 5.69 Å². The number of sulfonamides is 1. The van der Waals surface area contributed by atoms with Gasteiger partial charge in [0.1, 0.15) is 24.2 Å². The number of aromatic carboxylic acids is 1. The fourth-order valence-corrected chi connectivity index (χ4v) is 4.84. The van der Waals surface area contributed by atoms with Crippen LogP contribution < -0.4 is 14.8 Å². The van der Waals surface area contributed by atoms with Gasteiger partial charge in [-0.1, -0.05) is 12.1 Å². The van der Waals surface area contributed by atoms with Crippen LogP contribution in [0.15, 0.2) is 42.5 Å². The van der Waals surface area contributed by atoms with Gasteiger partial charge in [0.15, 0.2) is 0 Å². The SMILES string of the molecule is CS(=O)(=O)Nc1cc(OCC(O)CNC2CCC(CCc3ccc(C(=O)O)cc3)CC2)ccc1O. The fourth-order valence-electron chi connectivity index (χ4n) is 4.28. The van der Waals surface area contributed by atoms with E-state index in [9.17, 15) is 23.4 Å². The predicted octanol–water partition coefficient (Wildman–Crippen LogP) is 2.98. The van der Waals surface area contributed by atoms with E-state index in [1.165, 1.54) is 18.2 Å². The quantitative estimate of drug-likeness (QED) is 0.276. The second kappa shape index (κ2) is 12.2. The molecule has 0 radical (unpaired) electrons. The molecule has 192 valence electrons. The maximum atomic E-state index is 11.4. The summed E-state index contributed by atoms with van der Waals surface area (Å²) in [4.78, 5) is 11.0. The summed E-state index contributed by atoms with van der Waals surface area (Å²) < 4.78 is 30.6. The zero-order valence-corrected chi connectivity index (χ0v) is 20.6. The lowest BCUT2D eigenvalue weighted by molar-refractivity contribution is 0.0697. The molecule has 0 aliphatic heterocycles. The average Bonchev–Trinajstić information content (AvgIpc) is 2.82. The van der Waals surface area contributed by atoms with Crippen LogP contribution in [0.2, 0.25) is 0 Å². The topological polar surface area (TPSA) is 145 Å². The highest BCUT2D eigenvalue weighted by molar-refractivity contribution is 7.92. The largest absolute Gasteiger partial charge is 0.506 e. The van der Waals surface area contributed by atoms with Crippen molar-refractivity contribution < 1.29 is 33.3 Å². The van der Waals surface area contributed by atoms with Gasteiger partial charge < -0.3 is 25.4 Å². The van der Waals surface area contributed by atoms with Crippen LogP contribution in [0.5, 0.6) is 11.5 Å².